The molecule has 0 heterocycles. The van der Waals surface area contributed by atoms with Gasteiger partial charge in [0.25, 0.3) is 0 Å². The Hall–Kier alpha value is -0.770. The lowest BCUT2D eigenvalue weighted by atomic mass is 10.2. The summed E-state index contributed by atoms with van der Waals surface area (Å²) >= 11 is 5.91. The third-order valence-electron chi connectivity index (χ3n) is 2.19. The number of hydrogen-bond acceptors (Lipinski definition) is 3. The molecule has 0 radical (unpaired) electrons. The Balaban J connectivity index is 2.23. The van der Waals surface area contributed by atoms with Gasteiger partial charge in [-0.3, -0.25) is 0 Å². The van der Waals surface area contributed by atoms with Gasteiger partial charge in [-0.1, -0.05) is 17.7 Å². The van der Waals surface area contributed by atoms with Gasteiger partial charge in [0.2, 0.25) is 0 Å². The molecule has 0 aliphatic heterocycles. The van der Waals surface area contributed by atoms with E-state index in [4.69, 9.17) is 21.1 Å². The van der Waals surface area contributed by atoms with Gasteiger partial charge in [-0.05, 0) is 24.6 Å². The molecule has 0 fully saturated rings. The van der Waals surface area contributed by atoms with E-state index in [2.05, 4.69) is 5.32 Å². The molecule has 0 aliphatic carbocycles. The Morgan fingerprint density at radius 2 is 2.06 bits per heavy atom. The highest BCUT2D eigenvalue weighted by Crippen LogP contribution is 2.19. The predicted molar refractivity (Wildman–Crippen MR) is 67.4 cm³/mol. The van der Waals surface area contributed by atoms with Crippen molar-refractivity contribution in [1.82, 2.24) is 0 Å². The second kappa shape index (κ2) is 7.49. The fraction of sp³-hybridized carbons (Fsp3) is 0.500. The van der Waals surface area contributed by atoms with E-state index in [9.17, 15) is 0 Å². The first kappa shape index (κ1) is 13.3. The first-order valence-electron chi connectivity index (χ1n) is 5.30. The SMILES string of the molecule is COCCOCCNc1cc(Cl)ccc1C. The molecule has 90 valence electrons. The summed E-state index contributed by atoms with van der Waals surface area (Å²) < 4.78 is 10.2. The third kappa shape index (κ3) is 4.84. The fourth-order valence-electron chi connectivity index (χ4n) is 1.29. The van der Waals surface area contributed by atoms with Crippen molar-refractivity contribution in [2.45, 2.75) is 6.92 Å². The number of anilines is 1. The number of nitrogens with one attached hydrogen (secondary N) is 1. The van der Waals surface area contributed by atoms with Crippen LogP contribution >= 0.6 is 11.6 Å². The maximum Gasteiger partial charge on any atom is 0.0701 e. The molecule has 0 saturated heterocycles. The second-order valence-electron chi connectivity index (χ2n) is 3.49. The van der Waals surface area contributed by atoms with Crippen molar-refractivity contribution in [2.75, 3.05) is 38.8 Å². The number of hydrogen-bond donors (Lipinski definition) is 1. The monoisotopic (exact) mass is 243 g/mol. The summed E-state index contributed by atoms with van der Waals surface area (Å²) in [5.74, 6) is 0. The van der Waals surface area contributed by atoms with Gasteiger partial charge in [-0.2, -0.15) is 0 Å². The molecule has 0 bridgehead atoms. The van der Waals surface area contributed by atoms with E-state index in [1.165, 1.54) is 5.56 Å². The third-order valence-corrected chi connectivity index (χ3v) is 2.43. The molecule has 3 nitrogen and oxygen atoms in total. The highest BCUT2D eigenvalue weighted by molar-refractivity contribution is 6.30. The van der Waals surface area contributed by atoms with Crippen LogP contribution < -0.4 is 5.32 Å². The average molecular weight is 244 g/mol. The Morgan fingerprint density at radius 1 is 1.25 bits per heavy atom. The molecule has 0 amide bonds. The van der Waals surface area contributed by atoms with E-state index in [0.717, 1.165) is 17.3 Å². The minimum atomic E-state index is 0.632. The molecule has 0 unspecified atom stereocenters. The Kier molecular flexibility index (Phi) is 6.23. The van der Waals surface area contributed by atoms with Crippen LogP contribution in [-0.2, 0) is 9.47 Å². The number of aryl methyl sites for hydroxylation is 1. The van der Waals surface area contributed by atoms with E-state index in [1.807, 2.05) is 25.1 Å². The summed E-state index contributed by atoms with van der Waals surface area (Å²) in [5, 5.41) is 4.02. The van der Waals surface area contributed by atoms with Crippen molar-refractivity contribution >= 4 is 17.3 Å². The van der Waals surface area contributed by atoms with Gasteiger partial charge >= 0.3 is 0 Å². The lowest BCUT2D eigenvalue weighted by Gasteiger charge is -2.10. The summed E-state index contributed by atoms with van der Waals surface area (Å²) in [6.45, 7) is 4.74. The molecule has 1 aromatic carbocycles. The molecular weight excluding hydrogens is 226 g/mol. The minimum absolute atomic E-state index is 0.632. The van der Waals surface area contributed by atoms with Gasteiger partial charge in [-0.15, -0.1) is 0 Å². The van der Waals surface area contributed by atoms with Crippen molar-refractivity contribution in [3.05, 3.63) is 28.8 Å². The highest BCUT2D eigenvalue weighted by atomic mass is 35.5. The van der Waals surface area contributed by atoms with Gasteiger partial charge < -0.3 is 14.8 Å². The lowest BCUT2D eigenvalue weighted by molar-refractivity contribution is 0.0759. The zero-order valence-corrected chi connectivity index (χ0v) is 10.5. The van der Waals surface area contributed by atoms with Gasteiger partial charge in [0.15, 0.2) is 0 Å². The maximum absolute atomic E-state index is 5.91. The van der Waals surface area contributed by atoms with Crippen molar-refractivity contribution < 1.29 is 9.47 Å². The zero-order chi connectivity index (χ0) is 11.8. The molecule has 16 heavy (non-hydrogen) atoms. The first-order chi connectivity index (χ1) is 7.74. The molecule has 1 rings (SSSR count). The molecule has 1 aromatic rings. The van der Waals surface area contributed by atoms with Crippen molar-refractivity contribution in [3.63, 3.8) is 0 Å². The van der Waals surface area contributed by atoms with Crippen LogP contribution in [0.3, 0.4) is 0 Å². The lowest BCUT2D eigenvalue weighted by Crippen LogP contribution is -2.12. The molecule has 4 heteroatoms. The molecule has 0 aliphatic rings. The van der Waals surface area contributed by atoms with Gasteiger partial charge in [0, 0.05) is 24.4 Å². The predicted octanol–water partition coefficient (Wildman–Crippen LogP) is 2.72. The number of rotatable bonds is 7. The summed E-state index contributed by atoms with van der Waals surface area (Å²) in [6, 6.07) is 5.81. The van der Waals surface area contributed by atoms with Crippen LogP contribution in [0.2, 0.25) is 5.02 Å². The number of ether oxygens (including phenoxy) is 2. The highest BCUT2D eigenvalue weighted by Gasteiger charge is 1.98. The molecule has 0 spiro atoms. The average Bonchev–Trinajstić information content (AvgIpc) is 2.28. The van der Waals surface area contributed by atoms with E-state index in [1.54, 1.807) is 7.11 Å². The largest absolute Gasteiger partial charge is 0.382 e. The molecule has 0 aromatic heterocycles. The van der Waals surface area contributed by atoms with Gasteiger partial charge in [-0.25, -0.2) is 0 Å². The van der Waals surface area contributed by atoms with Crippen LogP contribution in [0.4, 0.5) is 5.69 Å². The van der Waals surface area contributed by atoms with Gasteiger partial charge in [0.05, 0.1) is 19.8 Å². The van der Waals surface area contributed by atoms with Crippen LogP contribution in [-0.4, -0.2) is 33.5 Å². The summed E-state index contributed by atoms with van der Waals surface area (Å²) in [4.78, 5) is 0. The van der Waals surface area contributed by atoms with E-state index >= 15 is 0 Å². The van der Waals surface area contributed by atoms with Crippen molar-refractivity contribution in [2.24, 2.45) is 0 Å². The molecular formula is C12H18ClNO2. The molecule has 1 N–H and O–H groups in total. The fourth-order valence-corrected chi connectivity index (χ4v) is 1.46. The second-order valence-corrected chi connectivity index (χ2v) is 3.93. The van der Waals surface area contributed by atoms with Crippen LogP contribution in [0.1, 0.15) is 5.56 Å². The summed E-state index contributed by atoms with van der Waals surface area (Å²) in [6.07, 6.45) is 0. The molecule has 0 saturated carbocycles. The number of halogens is 1. The molecule has 0 atom stereocenters. The van der Waals surface area contributed by atoms with Crippen LogP contribution in [0.25, 0.3) is 0 Å². The normalized spacial score (nSPS) is 10.4. The van der Waals surface area contributed by atoms with Crippen molar-refractivity contribution in [1.29, 1.82) is 0 Å². The summed E-state index contributed by atoms with van der Waals surface area (Å²) in [5.41, 5.74) is 2.24. The minimum Gasteiger partial charge on any atom is -0.382 e. The summed E-state index contributed by atoms with van der Waals surface area (Å²) in [7, 11) is 1.66. The van der Waals surface area contributed by atoms with E-state index in [0.29, 0.717) is 19.8 Å². The zero-order valence-electron chi connectivity index (χ0n) is 9.75. The number of methoxy groups -OCH3 is 1. The van der Waals surface area contributed by atoms with Crippen LogP contribution in [0, 0.1) is 6.92 Å². The topological polar surface area (TPSA) is 30.5 Å². The smallest absolute Gasteiger partial charge is 0.0701 e. The Bertz CT molecular complexity index is 318. The van der Waals surface area contributed by atoms with E-state index < -0.39 is 0 Å². The number of benzene rings is 1. The first-order valence-corrected chi connectivity index (χ1v) is 5.68. The van der Waals surface area contributed by atoms with E-state index in [-0.39, 0.29) is 0 Å². The van der Waals surface area contributed by atoms with Gasteiger partial charge in [0.1, 0.15) is 0 Å². The van der Waals surface area contributed by atoms with Crippen LogP contribution in [0.5, 0.6) is 0 Å². The maximum atomic E-state index is 5.91. The Morgan fingerprint density at radius 3 is 2.81 bits per heavy atom. The van der Waals surface area contributed by atoms with Crippen LogP contribution in [0.15, 0.2) is 18.2 Å². The van der Waals surface area contributed by atoms with Crippen molar-refractivity contribution in [3.8, 4) is 0 Å². The quantitative estimate of drug-likeness (QED) is 0.747. The Labute approximate surface area is 102 Å². The standard InChI is InChI=1S/C12H18ClNO2/c1-10-3-4-11(13)9-12(10)14-5-6-16-8-7-15-2/h3-4,9,14H,5-8H2,1-2H3.